The Bertz CT molecular complexity index is 1050. The van der Waals surface area contributed by atoms with Crippen molar-refractivity contribution in [1.29, 1.82) is 0 Å². The van der Waals surface area contributed by atoms with E-state index in [0.717, 1.165) is 24.8 Å². The number of aryl methyl sites for hydroxylation is 1. The van der Waals surface area contributed by atoms with Gasteiger partial charge in [0, 0.05) is 25.5 Å². The van der Waals surface area contributed by atoms with Gasteiger partial charge in [-0.3, -0.25) is 29.3 Å². The molecule has 0 N–H and O–H groups in total. The largest absolute Gasteiger partial charge is 0.422 e. The lowest BCUT2D eigenvalue weighted by molar-refractivity contribution is -0.385. The number of benzene rings is 1. The van der Waals surface area contributed by atoms with Crippen LogP contribution in [0.4, 0.5) is 11.4 Å². The van der Waals surface area contributed by atoms with E-state index in [1.807, 2.05) is 0 Å². The van der Waals surface area contributed by atoms with Crippen molar-refractivity contribution >= 4 is 35.1 Å². The monoisotopic (exact) mass is 430 g/mol. The number of carbonyl (C=O) groups is 4. The fraction of sp³-hybridized carbons (Fsp3) is 0.400. The lowest BCUT2D eigenvalue weighted by Crippen LogP contribution is -2.52. The van der Waals surface area contributed by atoms with E-state index >= 15 is 0 Å². The van der Waals surface area contributed by atoms with Crippen LogP contribution in [-0.4, -0.2) is 46.7 Å². The van der Waals surface area contributed by atoms with Gasteiger partial charge in [0.2, 0.25) is 11.8 Å². The summed E-state index contributed by atoms with van der Waals surface area (Å²) in [6, 6.07) is 4.05. The van der Waals surface area contributed by atoms with Crippen LogP contribution in [0.25, 0.3) is 0 Å². The van der Waals surface area contributed by atoms with Crippen LogP contribution in [0.1, 0.15) is 19.4 Å². The van der Waals surface area contributed by atoms with E-state index in [1.165, 1.54) is 18.2 Å². The summed E-state index contributed by atoms with van der Waals surface area (Å²) in [6.45, 7) is 3.75. The highest BCUT2D eigenvalue weighted by molar-refractivity contribution is 6.23. The minimum atomic E-state index is -1.68. The molecule has 0 radical (unpaired) electrons. The molecule has 31 heavy (non-hydrogen) atoms. The second-order valence-electron chi connectivity index (χ2n) is 7.59. The predicted molar refractivity (Wildman–Crippen MR) is 101 cm³/mol. The van der Waals surface area contributed by atoms with Crippen LogP contribution in [-0.2, 0) is 33.4 Å². The van der Waals surface area contributed by atoms with E-state index in [0.29, 0.717) is 5.56 Å². The van der Waals surface area contributed by atoms with Crippen LogP contribution in [0.2, 0.25) is 0 Å². The number of esters is 2. The molecule has 0 aromatic heterocycles. The van der Waals surface area contributed by atoms with Crippen molar-refractivity contribution in [1.82, 2.24) is 0 Å². The minimum Gasteiger partial charge on any atom is -0.422 e. The number of hydrogen-bond acceptors (Lipinski definition) is 9. The Labute approximate surface area is 175 Å². The van der Waals surface area contributed by atoms with Crippen molar-refractivity contribution in [2.45, 2.75) is 38.8 Å². The number of amides is 2. The number of fused-ring (bicyclic) bond motifs is 5. The zero-order valence-electron chi connectivity index (χ0n) is 16.8. The van der Waals surface area contributed by atoms with Crippen molar-refractivity contribution in [3.05, 3.63) is 46.0 Å². The summed E-state index contributed by atoms with van der Waals surface area (Å²) in [5.74, 6) is -4.93. The molecule has 2 bridgehead atoms. The third-order valence-corrected chi connectivity index (χ3v) is 5.64. The maximum atomic E-state index is 13.4. The molecule has 2 amide bonds. The van der Waals surface area contributed by atoms with Crippen molar-refractivity contribution in [3.8, 4) is 0 Å². The number of nitro groups is 1. The summed E-state index contributed by atoms with van der Waals surface area (Å²) < 4.78 is 16.1. The molecule has 3 aliphatic heterocycles. The topological polar surface area (TPSA) is 142 Å². The second-order valence-corrected chi connectivity index (χ2v) is 7.59. The van der Waals surface area contributed by atoms with Crippen molar-refractivity contribution in [2.24, 2.45) is 11.8 Å². The number of carbonyl (C=O) groups excluding carboxylic acids is 4. The first kappa shape index (κ1) is 20.7. The lowest BCUT2D eigenvalue weighted by atomic mass is 9.76. The number of nitro benzene ring substituents is 1. The van der Waals surface area contributed by atoms with Gasteiger partial charge in [-0.15, -0.1) is 0 Å². The van der Waals surface area contributed by atoms with E-state index in [9.17, 15) is 29.3 Å². The average Bonchev–Trinajstić information content (AvgIpc) is 3.32. The van der Waals surface area contributed by atoms with Gasteiger partial charge in [0.1, 0.15) is 0 Å². The Morgan fingerprint density at radius 1 is 1.19 bits per heavy atom. The van der Waals surface area contributed by atoms with Crippen molar-refractivity contribution in [2.75, 3.05) is 4.90 Å². The molecule has 0 unspecified atom stereocenters. The highest BCUT2D eigenvalue weighted by atomic mass is 16.7. The number of hydrogen-bond donors (Lipinski definition) is 0. The molecule has 0 spiro atoms. The highest BCUT2D eigenvalue weighted by Gasteiger charge is 2.72. The number of anilines is 1. The third-order valence-electron chi connectivity index (χ3n) is 5.64. The summed E-state index contributed by atoms with van der Waals surface area (Å²) in [4.78, 5) is 61.3. The molecular formula is C20H18N2O9. The molecule has 11 nitrogen and oxygen atoms in total. The summed E-state index contributed by atoms with van der Waals surface area (Å²) in [5, 5.41) is 11.3. The maximum Gasteiger partial charge on any atom is 0.305 e. The van der Waals surface area contributed by atoms with Crippen LogP contribution in [0.15, 0.2) is 30.4 Å². The number of ether oxygens (including phenoxy) is 3. The molecular weight excluding hydrogens is 412 g/mol. The van der Waals surface area contributed by atoms with Gasteiger partial charge in [-0.1, -0.05) is 12.1 Å². The first-order valence-electron chi connectivity index (χ1n) is 9.41. The zero-order chi connectivity index (χ0) is 22.7. The van der Waals surface area contributed by atoms with Gasteiger partial charge in [0.15, 0.2) is 5.60 Å². The van der Waals surface area contributed by atoms with Gasteiger partial charge in [-0.25, -0.2) is 4.90 Å². The third kappa shape index (κ3) is 3.00. The molecule has 11 heteroatoms. The molecule has 2 fully saturated rings. The van der Waals surface area contributed by atoms with Crippen LogP contribution in [0.3, 0.4) is 0 Å². The molecule has 1 aromatic carbocycles. The smallest absolute Gasteiger partial charge is 0.305 e. The average molecular weight is 430 g/mol. The first-order valence-corrected chi connectivity index (χ1v) is 9.41. The first-order chi connectivity index (χ1) is 14.6. The van der Waals surface area contributed by atoms with E-state index in [4.69, 9.17) is 14.2 Å². The maximum absolute atomic E-state index is 13.4. The molecule has 162 valence electrons. The standard InChI is InChI=1S/C20H18N2O9/c1-9-4-5-12(8-13(9)22(27)28)21-17(25)15-14-6-7-20(31-14,16(15)18(21)26)19(29-10(2)23)30-11(3)24/h4-8,14-16,19H,1-3H3/t14-,15+,16-,20+/m1/s1. The lowest BCUT2D eigenvalue weighted by Gasteiger charge is -2.34. The predicted octanol–water partition coefficient (Wildman–Crippen LogP) is 1.17. The fourth-order valence-electron chi connectivity index (χ4n) is 4.40. The van der Waals surface area contributed by atoms with E-state index in [2.05, 4.69) is 0 Å². The zero-order valence-corrected chi connectivity index (χ0v) is 16.8. The van der Waals surface area contributed by atoms with Crippen LogP contribution >= 0.6 is 0 Å². The SMILES string of the molecule is CC(=O)OC(OC(C)=O)[C@@]12C=C[C@@H](O1)[C@@H]1C(=O)N(c3ccc(C)c([N+](=O)[O-])c3)C(=O)[C@@H]12. The van der Waals surface area contributed by atoms with Gasteiger partial charge in [-0.05, 0) is 19.1 Å². The molecule has 1 aromatic rings. The summed E-state index contributed by atoms with van der Waals surface area (Å²) in [6.07, 6.45) is 0.623. The van der Waals surface area contributed by atoms with Crippen LogP contribution in [0.5, 0.6) is 0 Å². The molecule has 0 aliphatic carbocycles. The summed E-state index contributed by atoms with van der Waals surface area (Å²) in [7, 11) is 0. The van der Waals surface area contributed by atoms with Crippen molar-refractivity contribution in [3.63, 3.8) is 0 Å². The number of imide groups is 1. The minimum absolute atomic E-state index is 0.0489. The molecule has 4 atom stereocenters. The quantitative estimate of drug-likeness (QED) is 0.168. The Kier molecular flexibility index (Phi) is 4.65. The van der Waals surface area contributed by atoms with E-state index in [-0.39, 0.29) is 11.4 Å². The Morgan fingerprint density at radius 2 is 1.84 bits per heavy atom. The number of nitrogens with zero attached hydrogens (tertiary/aromatic N) is 2. The normalized spacial score (nSPS) is 28.3. The Balaban J connectivity index is 1.76. The molecule has 3 aliphatic rings. The summed E-state index contributed by atoms with van der Waals surface area (Å²) >= 11 is 0. The summed E-state index contributed by atoms with van der Waals surface area (Å²) in [5.41, 5.74) is -1.49. The van der Waals surface area contributed by atoms with Gasteiger partial charge in [0.05, 0.1) is 28.6 Å². The van der Waals surface area contributed by atoms with Crippen molar-refractivity contribution < 1.29 is 38.3 Å². The van der Waals surface area contributed by atoms with Gasteiger partial charge < -0.3 is 14.2 Å². The van der Waals surface area contributed by atoms with E-state index < -0.39 is 58.5 Å². The highest BCUT2D eigenvalue weighted by Crippen LogP contribution is 2.54. The van der Waals surface area contributed by atoms with Crippen LogP contribution in [0, 0.1) is 28.9 Å². The molecule has 2 saturated heterocycles. The van der Waals surface area contributed by atoms with Crippen LogP contribution < -0.4 is 4.90 Å². The second kappa shape index (κ2) is 6.98. The fourth-order valence-corrected chi connectivity index (χ4v) is 4.40. The molecule has 0 saturated carbocycles. The van der Waals surface area contributed by atoms with Gasteiger partial charge in [-0.2, -0.15) is 0 Å². The number of rotatable bonds is 5. The Morgan fingerprint density at radius 3 is 2.42 bits per heavy atom. The van der Waals surface area contributed by atoms with Gasteiger partial charge in [0.25, 0.3) is 12.0 Å². The Hall–Kier alpha value is -3.60. The van der Waals surface area contributed by atoms with E-state index in [1.54, 1.807) is 13.0 Å². The molecule has 4 rings (SSSR count). The van der Waals surface area contributed by atoms with Gasteiger partial charge >= 0.3 is 11.9 Å². The molecule has 3 heterocycles.